The van der Waals surface area contributed by atoms with E-state index in [9.17, 15) is 0 Å². The summed E-state index contributed by atoms with van der Waals surface area (Å²) >= 11 is 0. The molecule has 0 fully saturated rings. The Hall–Kier alpha value is -0.120. The normalized spacial score (nSPS) is 9.16. The van der Waals surface area contributed by atoms with Crippen LogP contribution in [0.5, 0.6) is 0 Å². The zero-order valence-corrected chi connectivity index (χ0v) is 13.5. The highest BCUT2D eigenvalue weighted by atomic mass is 16.3. The van der Waals surface area contributed by atoms with Crippen molar-refractivity contribution < 1.29 is 15.3 Å². The van der Waals surface area contributed by atoms with Gasteiger partial charge in [0, 0.05) is 19.8 Å². The van der Waals surface area contributed by atoms with Gasteiger partial charge in [0.15, 0.2) is 0 Å². The number of aliphatic hydroxyl groups excluding tert-OH is 3. The van der Waals surface area contributed by atoms with E-state index in [2.05, 4.69) is 13.8 Å². The van der Waals surface area contributed by atoms with Gasteiger partial charge in [-0.25, -0.2) is 0 Å². The highest BCUT2D eigenvalue weighted by molar-refractivity contribution is 4.41. The number of aliphatic hydroxyl groups is 3. The molecule has 0 amide bonds. The van der Waals surface area contributed by atoms with Crippen LogP contribution < -0.4 is 0 Å². The lowest BCUT2D eigenvalue weighted by Crippen LogP contribution is -1.82. The van der Waals surface area contributed by atoms with E-state index in [0.717, 1.165) is 12.8 Å². The lowest BCUT2D eigenvalue weighted by Gasteiger charge is -1.95. The van der Waals surface area contributed by atoms with E-state index in [0.29, 0.717) is 13.2 Å². The highest BCUT2D eigenvalue weighted by Gasteiger charge is 1.86. The molecule has 3 heteroatoms. The van der Waals surface area contributed by atoms with Crippen LogP contribution in [0, 0.1) is 0 Å². The molecule has 0 spiro atoms. The molecule has 0 radical (unpaired) electrons. The summed E-state index contributed by atoms with van der Waals surface area (Å²) in [6.07, 6.45) is 12.2. The lowest BCUT2D eigenvalue weighted by molar-refractivity contribution is 0.282. The van der Waals surface area contributed by atoms with E-state index in [-0.39, 0.29) is 6.61 Å². The second kappa shape index (κ2) is 30.7. The summed E-state index contributed by atoms with van der Waals surface area (Å²) in [6, 6.07) is 0. The molecule has 0 saturated heterocycles. The topological polar surface area (TPSA) is 60.7 Å². The fourth-order valence-electron chi connectivity index (χ4n) is 1.43. The predicted octanol–water partition coefficient (Wildman–Crippen LogP) is 3.90. The van der Waals surface area contributed by atoms with Crippen LogP contribution >= 0.6 is 0 Å². The maximum absolute atomic E-state index is 8.42. The quantitative estimate of drug-likeness (QED) is 0.531. The maximum atomic E-state index is 8.42. The first-order valence-electron chi connectivity index (χ1n) is 8.07. The van der Waals surface area contributed by atoms with Crippen LogP contribution in [0.15, 0.2) is 0 Å². The summed E-state index contributed by atoms with van der Waals surface area (Å²) in [5.74, 6) is 0. The van der Waals surface area contributed by atoms with Crippen molar-refractivity contribution in [3.63, 3.8) is 0 Å². The third-order valence-electron chi connectivity index (χ3n) is 2.52. The first-order chi connectivity index (χ1) is 9.24. The Bertz CT molecular complexity index is 98.2. The summed E-state index contributed by atoms with van der Waals surface area (Å²) in [5.41, 5.74) is 0. The van der Waals surface area contributed by atoms with Crippen LogP contribution in [0.2, 0.25) is 0 Å². The molecule has 0 heterocycles. The molecule has 0 aromatic heterocycles. The number of hydrogen-bond donors (Lipinski definition) is 3. The van der Waals surface area contributed by atoms with Crippen LogP contribution in [-0.4, -0.2) is 35.1 Å². The van der Waals surface area contributed by atoms with Gasteiger partial charge in [0.25, 0.3) is 0 Å². The molecule has 3 N–H and O–H groups in total. The summed E-state index contributed by atoms with van der Waals surface area (Å²) in [7, 11) is 0. The molecule has 0 saturated carbocycles. The molecule has 0 unspecified atom stereocenters. The fourth-order valence-corrected chi connectivity index (χ4v) is 1.43. The Morgan fingerprint density at radius 2 is 0.737 bits per heavy atom. The number of unbranched alkanes of at least 4 members (excludes halogenated alkanes) is 8. The van der Waals surface area contributed by atoms with Crippen molar-refractivity contribution in [3.8, 4) is 0 Å². The summed E-state index contributed by atoms with van der Waals surface area (Å²) in [5, 5.41) is 24.3. The minimum absolute atomic E-state index is 0.250. The van der Waals surface area contributed by atoms with Gasteiger partial charge < -0.3 is 15.3 Å². The molecule has 3 nitrogen and oxygen atoms in total. The van der Waals surface area contributed by atoms with E-state index < -0.39 is 0 Å². The van der Waals surface area contributed by atoms with Gasteiger partial charge in [-0.1, -0.05) is 65.2 Å². The predicted molar refractivity (Wildman–Crippen MR) is 84.4 cm³/mol. The van der Waals surface area contributed by atoms with Crippen molar-refractivity contribution in [2.24, 2.45) is 0 Å². The van der Waals surface area contributed by atoms with Gasteiger partial charge in [0.05, 0.1) is 0 Å². The van der Waals surface area contributed by atoms with E-state index in [4.69, 9.17) is 15.3 Å². The van der Waals surface area contributed by atoms with Gasteiger partial charge in [-0.15, -0.1) is 0 Å². The molecule has 0 aliphatic heterocycles. The van der Waals surface area contributed by atoms with E-state index in [1.165, 1.54) is 51.4 Å². The molecule has 19 heavy (non-hydrogen) atoms. The minimum Gasteiger partial charge on any atom is -0.397 e. The average Bonchev–Trinajstić information content (AvgIpc) is 2.41. The van der Waals surface area contributed by atoms with Crippen molar-refractivity contribution in [3.05, 3.63) is 0 Å². The smallest absolute Gasteiger partial charge is 0.0431 e. The van der Waals surface area contributed by atoms with Gasteiger partial charge in [0.2, 0.25) is 0 Å². The lowest BCUT2D eigenvalue weighted by atomic mass is 10.1. The number of hydrogen-bond acceptors (Lipinski definition) is 3. The van der Waals surface area contributed by atoms with E-state index in [1.807, 2.05) is 0 Å². The minimum atomic E-state index is 0.250. The van der Waals surface area contributed by atoms with E-state index >= 15 is 0 Å². The SMILES string of the molecule is CCCCCCCCO.CCCCCCO.CCO. The van der Waals surface area contributed by atoms with Crippen LogP contribution in [0.1, 0.15) is 85.0 Å². The Balaban J connectivity index is -0.000000228. The van der Waals surface area contributed by atoms with E-state index in [1.54, 1.807) is 6.92 Å². The van der Waals surface area contributed by atoms with Crippen molar-refractivity contribution in [2.75, 3.05) is 19.8 Å². The first-order valence-corrected chi connectivity index (χ1v) is 8.07. The molecule has 0 aromatic rings. The van der Waals surface area contributed by atoms with Crippen molar-refractivity contribution >= 4 is 0 Å². The standard InChI is InChI=1S/C8H18O.C6H14O.C2H6O/c1-2-3-4-5-6-7-8-9;1-2-3-4-5-6-7;1-2-3/h9H,2-8H2,1H3;7H,2-6H2,1H3;3H,2H2,1H3. The van der Waals surface area contributed by atoms with Crippen LogP contribution in [0.3, 0.4) is 0 Å². The number of rotatable bonds is 10. The van der Waals surface area contributed by atoms with Gasteiger partial charge >= 0.3 is 0 Å². The Kier molecular flexibility index (Phi) is 38.7. The highest BCUT2D eigenvalue weighted by Crippen LogP contribution is 2.03. The molecule has 0 aliphatic carbocycles. The molecule has 0 rings (SSSR count). The third kappa shape index (κ3) is 46.2. The Morgan fingerprint density at radius 3 is 1.05 bits per heavy atom. The third-order valence-corrected chi connectivity index (χ3v) is 2.52. The largest absolute Gasteiger partial charge is 0.397 e. The summed E-state index contributed by atoms with van der Waals surface area (Å²) in [4.78, 5) is 0. The van der Waals surface area contributed by atoms with Crippen LogP contribution in [-0.2, 0) is 0 Å². The molecule has 0 aliphatic rings. The molecular formula is C16H38O3. The van der Waals surface area contributed by atoms with Gasteiger partial charge in [-0.3, -0.25) is 0 Å². The van der Waals surface area contributed by atoms with Crippen molar-refractivity contribution in [1.29, 1.82) is 0 Å². The summed E-state index contributed by atoms with van der Waals surface area (Å²) < 4.78 is 0. The first kappa shape index (κ1) is 23.9. The Labute approximate surface area is 121 Å². The van der Waals surface area contributed by atoms with Crippen LogP contribution in [0.25, 0.3) is 0 Å². The average molecular weight is 278 g/mol. The maximum Gasteiger partial charge on any atom is 0.0431 e. The summed E-state index contributed by atoms with van der Waals surface area (Å²) in [6.45, 7) is 7.04. The molecule has 120 valence electrons. The molecule has 0 aromatic carbocycles. The van der Waals surface area contributed by atoms with Crippen molar-refractivity contribution in [1.82, 2.24) is 0 Å². The van der Waals surface area contributed by atoms with Crippen LogP contribution in [0.4, 0.5) is 0 Å². The fraction of sp³-hybridized carbons (Fsp3) is 1.00. The second-order valence-corrected chi connectivity index (χ2v) is 4.59. The van der Waals surface area contributed by atoms with Gasteiger partial charge in [-0.2, -0.15) is 0 Å². The van der Waals surface area contributed by atoms with Gasteiger partial charge in [0.1, 0.15) is 0 Å². The van der Waals surface area contributed by atoms with Gasteiger partial charge in [-0.05, 0) is 19.8 Å². The molecule has 0 atom stereocenters. The monoisotopic (exact) mass is 278 g/mol. The zero-order valence-electron chi connectivity index (χ0n) is 13.5. The molecular weight excluding hydrogens is 240 g/mol. The zero-order chi connectivity index (χ0) is 15.2. The molecule has 0 bridgehead atoms. The second-order valence-electron chi connectivity index (χ2n) is 4.59. The Morgan fingerprint density at radius 1 is 0.474 bits per heavy atom. The van der Waals surface area contributed by atoms with Crippen molar-refractivity contribution in [2.45, 2.75) is 85.0 Å².